The molecule has 7 N–H and O–H groups in total. The highest BCUT2D eigenvalue weighted by molar-refractivity contribution is 5.89. The fraction of sp³-hybridized carbons (Fsp3) is 0.605. The van der Waals surface area contributed by atoms with Gasteiger partial charge in [0.2, 0.25) is 29.5 Å². The Balaban J connectivity index is 0. The van der Waals surface area contributed by atoms with E-state index in [0.717, 1.165) is 6.54 Å². The van der Waals surface area contributed by atoms with E-state index in [0.29, 0.717) is 117 Å². The van der Waals surface area contributed by atoms with Crippen LogP contribution in [-0.2, 0) is 24.0 Å². The molecule has 0 aliphatic heterocycles. The first kappa shape index (κ1) is 51.0. The Morgan fingerprint density at radius 1 is 0.509 bits per heavy atom. The number of rotatable bonds is 31. The number of amides is 5. The van der Waals surface area contributed by atoms with E-state index >= 15 is 0 Å². The summed E-state index contributed by atoms with van der Waals surface area (Å²) in [6, 6.07) is 0.359. The van der Waals surface area contributed by atoms with Crippen molar-refractivity contribution >= 4 is 29.5 Å². The van der Waals surface area contributed by atoms with Crippen LogP contribution < -0.4 is 32.3 Å². The maximum absolute atomic E-state index is 12.1. The first-order valence-corrected chi connectivity index (χ1v) is 18.4. The van der Waals surface area contributed by atoms with Crippen LogP contribution in [0.3, 0.4) is 0 Å². The van der Waals surface area contributed by atoms with Gasteiger partial charge in [-0.1, -0.05) is 60.6 Å². The third-order valence-corrected chi connectivity index (χ3v) is 7.49. The Morgan fingerprint density at radius 3 is 1.23 bits per heavy atom. The van der Waals surface area contributed by atoms with Crippen molar-refractivity contribution in [1.29, 1.82) is 0 Å². The molecule has 15 nitrogen and oxygen atoms in total. The summed E-state index contributed by atoms with van der Waals surface area (Å²) in [6.07, 6.45) is 6.38. The quantitative estimate of drug-likeness (QED) is 0.0408. The fourth-order valence-corrected chi connectivity index (χ4v) is 4.55. The Morgan fingerprint density at radius 2 is 0.887 bits per heavy atom. The highest BCUT2D eigenvalue weighted by Gasteiger charge is 2.16. The van der Waals surface area contributed by atoms with Gasteiger partial charge in [0, 0.05) is 111 Å². The highest BCUT2D eigenvalue weighted by atomic mass is 16.2. The molecule has 0 heterocycles. The van der Waals surface area contributed by atoms with Crippen molar-refractivity contribution in [3.8, 4) is 0 Å². The largest absolute Gasteiger partial charge is 0.351 e. The molecule has 0 radical (unpaired) electrons. The van der Waals surface area contributed by atoms with E-state index in [-0.39, 0.29) is 29.5 Å². The lowest BCUT2D eigenvalue weighted by Crippen LogP contribution is -2.45. The average Bonchev–Trinajstić information content (AvgIpc) is 3.15. The SMILES string of the molecule is C=CC(=O)N(CCNCCN)CCN(CCNC(C)C)C(=O)C=C.C=CC(=O)NCCNCCN(CCN(CCNCC(C)C)C(=O)C=C)C(=O)C=C. The lowest BCUT2D eigenvalue weighted by molar-refractivity contribution is -0.129. The first-order valence-electron chi connectivity index (χ1n) is 18.4. The Hall–Kier alpha value is -4.15. The summed E-state index contributed by atoms with van der Waals surface area (Å²) in [7, 11) is 0. The number of carbonyl (C=O) groups is 5. The van der Waals surface area contributed by atoms with Gasteiger partial charge in [-0.15, -0.1) is 0 Å². The van der Waals surface area contributed by atoms with Crippen molar-refractivity contribution in [3.63, 3.8) is 0 Å². The lowest BCUT2D eigenvalue weighted by atomic mass is 10.2. The van der Waals surface area contributed by atoms with Crippen LogP contribution in [0.2, 0.25) is 0 Å². The molecule has 0 saturated heterocycles. The van der Waals surface area contributed by atoms with Gasteiger partial charge in [-0.2, -0.15) is 0 Å². The van der Waals surface area contributed by atoms with E-state index < -0.39 is 0 Å². The summed E-state index contributed by atoms with van der Waals surface area (Å²) < 4.78 is 0. The van der Waals surface area contributed by atoms with Crippen molar-refractivity contribution < 1.29 is 24.0 Å². The zero-order valence-electron chi connectivity index (χ0n) is 33.0. The van der Waals surface area contributed by atoms with E-state index in [1.54, 1.807) is 19.6 Å². The molecule has 5 amide bonds. The number of nitrogens with two attached hydrogens (primary N) is 1. The average molecular weight is 747 g/mol. The van der Waals surface area contributed by atoms with Crippen LogP contribution in [-0.4, -0.2) is 166 Å². The standard InChI is InChI=1S/C21H37N5O3.C17H33N5O2/c1-6-19(27)24-10-9-22-11-13-25(20(28)7-2)15-16-26(21(29)8-3)14-12-23-17-18(4)5;1-5-16(23)21(11-9-19-8-7-18)13-14-22(17(24)6-2)12-10-20-15(3)4/h6-8,18,22-23H,1-3,9-17H2,4-5H3,(H,24,27);5-6,15,19-20H,1-2,7-14,18H2,3-4H3. The van der Waals surface area contributed by atoms with Gasteiger partial charge in [0.25, 0.3) is 0 Å². The van der Waals surface area contributed by atoms with Gasteiger partial charge in [-0.25, -0.2) is 0 Å². The molecule has 0 unspecified atom stereocenters. The molecule has 0 spiro atoms. The van der Waals surface area contributed by atoms with E-state index in [1.807, 2.05) is 0 Å². The molecule has 0 aliphatic rings. The number of hydrogen-bond acceptors (Lipinski definition) is 10. The van der Waals surface area contributed by atoms with Gasteiger partial charge >= 0.3 is 0 Å². The van der Waals surface area contributed by atoms with Gasteiger partial charge < -0.3 is 51.9 Å². The second-order valence-electron chi connectivity index (χ2n) is 12.6. The van der Waals surface area contributed by atoms with Crippen LogP contribution in [0, 0.1) is 5.92 Å². The van der Waals surface area contributed by atoms with Gasteiger partial charge in [-0.05, 0) is 42.8 Å². The smallest absolute Gasteiger partial charge is 0.246 e. The number of nitrogens with one attached hydrogen (secondary N) is 5. The Kier molecular flexibility index (Phi) is 32.4. The highest BCUT2D eigenvalue weighted by Crippen LogP contribution is 1.98. The molecule has 15 heteroatoms. The van der Waals surface area contributed by atoms with Crippen LogP contribution in [0.4, 0.5) is 0 Å². The molecule has 0 atom stereocenters. The van der Waals surface area contributed by atoms with Crippen molar-refractivity contribution in [1.82, 2.24) is 46.2 Å². The molecule has 53 heavy (non-hydrogen) atoms. The predicted octanol–water partition coefficient (Wildman–Crippen LogP) is -0.285. The molecule has 0 aromatic heterocycles. The van der Waals surface area contributed by atoms with Crippen LogP contribution in [0.1, 0.15) is 27.7 Å². The molecular formula is C38H70N10O5. The minimum absolute atomic E-state index is 0.132. The van der Waals surface area contributed by atoms with Crippen molar-refractivity contribution in [2.75, 3.05) is 111 Å². The molecule has 0 bridgehead atoms. The molecule has 302 valence electrons. The number of carbonyl (C=O) groups excluding carboxylic acids is 5. The van der Waals surface area contributed by atoms with E-state index in [1.165, 1.54) is 30.4 Å². The minimum Gasteiger partial charge on any atom is -0.351 e. The summed E-state index contributed by atoms with van der Waals surface area (Å²) in [6.45, 7) is 35.6. The van der Waals surface area contributed by atoms with Crippen molar-refractivity contribution in [2.45, 2.75) is 33.7 Å². The molecule has 0 saturated carbocycles. The molecule has 0 rings (SSSR count). The molecule has 0 fully saturated rings. The third kappa shape index (κ3) is 28.1. The van der Waals surface area contributed by atoms with Crippen LogP contribution in [0.5, 0.6) is 0 Å². The van der Waals surface area contributed by atoms with Gasteiger partial charge in [0.05, 0.1) is 0 Å². The van der Waals surface area contributed by atoms with Gasteiger partial charge in [0.15, 0.2) is 0 Å². The fourth-order valence-electron chi connectivity index (χ4n) is 4.55. The maximum atomic E-state index is 12.1. The predicted molar refractivity (Wildman–Crippen MR) is 216 cm³/mol. The monoisotopic (exact) mass is 747 g/mol. The van der Waals surface area contributed by atoms with Crippen LogP contribution in [0.25, 0.3) is 0 Å². The van der Waals surface area contributed by atoms with Crippen LogP contribution >= 0.6 is 0 Å². The molecule has 0 aromatic carbocycles. The van der Waals surface area contributed by atoms with E-state index in [9.17, 15) is 24.0 Å². The van der Waals surface area contributed by atoms with Gasteiger partial charge in [0.1, 0.15) is 0 Å². The zero-order valence-corrected chi connectivity index (χ0v) is 33.0. The summed E-state index contributed by atoms with van der Waals surface area (Å²) in [5.74, 6) is -0.292. The molecule has 0 aromatic rings. The summed E-state index contributed by atoms with van der Waals surface area (Å²) >= 11 is 0. The summed E-state index contributed by atoms with van der Waals surface area (Å²) in [5.41, 5.74) is 5.43. The van der Waals surface area contributed by atoms with E-state index in [2.05, 4.69) is 87.2 Å². The minimum atomic E-state index is -0.217. The molecular weight excluding hydrogens is 676 g/mol. The first-order chi connectivity index (χ1) is 25.3. The second kappa shape index (κ2) is 33.7. The lowest BCUT2D eigenvalue weighted by Gasteiger charge is -2.27. The van der Waals surface area contributed by atoms with Crippen molar-refractivity contribution in [3.05, 3.63) is 63.3 Å². The molecule has 0 aliphatic carbocycles. The maximum Gasteiger partial charge on any atom is 0.246 e. The van der Waals surface area contributed by atoms with E-state index in [4.69, 9.17) is 5.73 Å². The Labute approximate surface area is 319 Å². The third-order valence-electron chi connectivity index (χ3n) is 7.49. The normalized spacial score (nSPS) is 10.4. The topological polar surface area (TPSA) is 184 Å². The zero-order chi connectivity index (χ0) is 40.4. The van der Waals surface area contributed by atoms with Gasteiger partial charge in [-0.3, -0.25) is 24.0 Å². The summed E-state index contributed by atoms with van der Waals surface area (Å²) in [5, 5.41) is 15.6. The number of hydrogen-bond donors (Lipinski definition) is 6. The summed E-state index contributed by atoms with van der Waals surface area (Å²) in [4.78, 5) is 65.9. The van der Waals surface area contributed by atoms with Crippen molar-refractivity contribution in [2.24, 2.45) is 11.7 Å². The Bertz CT molecular complexity index is 1110. The second-order valence-corrected chi connectivity index (χ2v) is 12.6. The number of nitrogens with zero attached hydrogens (tertiary/aromatic N) is 4. The van der Waals surface area contributed by atoms with Crippen LogP contribution in [0.15, 0.2) is 63.3 Å².